The molecule has 0 unspecified atom stereocenters. The van der Waals surface area contributed by atoms with Crippen LogP contribution in [0.1, 0.15) is 12.0 Å². The molecule has 0 bridgehead atoms. The topological polar surface area (TPSA) is 75.8 Å². The van der Waals surface area contributed by atoms with Crippen molar-refractivity contribution in [3.05, 3.63) is 23.8 Å². The number of rotatable bonds is 2. The number of nitrogens with zero attached hydrogens (tertiary/aromatic N) is 1. The third-order valence-corrected chi connectivity index (χ3v) is 4.22. The summed E-state index contributed by atoms with van der Waals surface area (Å²) >= 11 is 0. The van der Waals surface area contributed by atoms with Gasteiger partial charge < -0.3 is 20.5 Å². The van der Waals surface area contributed by atoms with Gasteiger partial charge in [0.2, 0.25) is 0 Å². The van der Waals surface area contributed by atoms with Crippen molar-refractivity contribution in [2.24, 2.45) is 5.92 Å². The number of carbonyl (C=O) groups is 1. The molecule has 1 heterocycles. The number of amides is 1. The third kappa shape index (κ3) is 1.43. The van der Waals surface area contributed by atoms with E-state index in [0.717, 1.165) is 12.0 Å². The highest BCUT2D eigenvalue weighted by atomic mass is 16.5. The molecule has 5 heteroatoms. The molecule has 1 aromatic rings. The van der Waals surface area contributed by atoms with E-state index in [1.54, 1.807) is 7.11 Å². The molecule has 2 aliphatic rings. The van der Waals surface area contributed by atoms with Gasteiger partial charge in [-0.05, 0) is 30.0 Å². The number of ether oxygens (including phenoxy) is 1. The van der Waals surface area contributed by atoms with Gasteiger partial charge in [-0.15, -0.1) is 0 Å². The maximum atomic E-state index is 11.0. The van der Waals surface area contributed by atoms with E-state index in [1.807, 2.05) is 18.2 Å². The third-order valence-electron chi connectivity index (χ3n) is 4.22. The number of fused-ring (bicyclic) bond motifs is 1. The molecule has 0 aromatic heterocycles. The normalized spacial score (nSPS) is 28.9. The molecule has 1 saturated carbocycles. The Morgan fingerprint density at radius 3 is 3.00 bits per heavy atom. The Kier molecular flexibility index (Phi) is 2.20. The van der Waals surface area contributed by atoms with Gasteiger partial charge in [0.1, 0.15) is 5.75 Å². The summed E-state index contributed by atoms with van der Waals surface area (Å²) in [7, 11) is 1.59. The Balaban J connectivity index is 1.91. The van der Waals surface area contributed by atoms with Crippen LogP contribution in [0.25, 0.3) is 0 Å². The second kappa shape index (κ2) is 3.54. The summed E-state index contributed by atoms with van der Waals surface area (Å²) in [5.74, 6) is 1.11. The molecule has 1 saturated heterocycles. The van der Waals surface area contributed by atoms with Crippen LogP contribution in [-0.2, 0) is 5.41 Å². The molecule has 18 heavy (non-hydrogen) atoms. The molecular weight excluding hydrogens is 232 g/mol. The zero-order valence-corrected chi connectivity index (χ0v) is 10.2. The molecule has 1 aromatic carbocycles. The molecule has 2 atom stereocenters. The number of methoxy groups -OCH3 is 1. The standard InChI is InChI=1S/C13H16N2O3/c1-18-11-4-8(2-3-10(11)14)13-5-9(13)6-15(7-13)12(16)17/h2-4,9H,5-7,14H2,1H3,(H,16,17)/t9-,13+/m0/s1. The Morgan fingerprint density at radius 2 is 2.39 bits per heavy atom. The van der Waals surface area contributed by atoms with Gasteiger partial charge in [0.05, 0.1) is 12.8 Å². The van der Waals surface area contributed by atoms with Gasteiger partial charge in [-0.25, -0.2) is 4.79 Å². The van der Waals surface area contributed by atoms with Crippen LogP contribution in [0.3, 0.4) is 0 Å². The molecule has 0 spiro atoms. The molecule has 3 N–H and O–H groups in total. The molecule has 2 fully saturated rings. The van der Waals surface area contributed by atoms with E-state index in [1.165, 1.54) is 4.90 Å². The molecule has 3 rings (SSSR count). The Morgan fingerprint density at radius 1 is 1.61 bits per heavy atom. The lowest BCUT2D eigenvalue weighted by atomic mass is 9.94. The Bertz CT molecular complexity index is 517. The minimum absolute atomic E-state index is 0.000625. The zero-order valence-electron chi connectivity index (χ0n) is 10.2. The average molecular weight is 248 g/mol. The van der Waals surface area contributed by atoms with E-state index in [4.69, 9.17) is 15.6 Å². The molecule has 1 aliphatic heterocycles. The second-order valence-electron chi connectivity index (χ2n) is 5.18. The number of carboxylic acid groups (broad SMARTS) is 1. The van der Waals surface area contributed by atoms with Crippen molar-refractivity contribution < 1.29 is 14.6 Å². The van der Waals surface area contributed by atoms with E-state index in [2.05, 4.69) is 0 Å². The lowest BCUT2D eigenvalue weighted by molar-refractivity contribution is 0.150. The summed E-state index contributed by atoms with van der Waals surface area (Å²) in [4.78, 5) is 12.5. The molecular formula is C13H16N2O3. The SMILES string of the molecule is COc1cc([C@]23C[C@H]2CN(C(=O)O)C3)ccc1N. The van der Waals surface area contributed by atoms with Crippen molar-refractivity contribution in [1.29, 1.82) is 0 Å². The van der Waals surface area contributed by atoms with E-state index in [9.17, 15) is 4.79 Å². The fraction of sp³-hybridized carbons (Fsp3) is 0.462. The van der Waals surface area contributed by atoms with Gasteiger partial charge in [0, 0.05) is 18.5 Å². The van der Waals surface area contributed by atoms with Gasteiger partial charge in [-0.1, -0.05) is 6.07 Å². The monoisotopic (exact) mass is 248 g/mol. The summed E-state index contributed by atoms with van der Waals surface area (Å²) in [5.41, 5.74) is 7.56. The molecule has 5 nitrogen and oxygen atoms in total. The fourth-order valence-electron chi connectivity index (χ4n) is 3.10. The van der Waals surface area contributed by atoms with Gasteiger partial charge in [0.25, 0.3) is 0 Å². The number of nitrogens with two attached hydrogens (primary N) is 1. The van der Waals surface area contributed by atoms with E-state index < -0.39 is 6.09 Å². The molecule has 1 amide bonds. The van der Waals surface area contributed by atoms with Gasteiger partial charge >= 0.3 is 6.09 Å². The lowest BCUT2D eigenvalue weighted by Crippen LogP contribution is -2.31. The number of nitrogen functional groups attached to an aromatic ring is 1. The van der Waals surface area contributed by atoms with Crippen molar-refractivity contribution in [3.63, 3.8) is 0 Å². The Labute approximate surface area is 105 Å². The van der Waals surface area contributed by atoms with E-state index >= 15 is 0 Å². The largest absolute Gasteiger partial charge is 0.495 e. The number of likely N-dealkylation sites (tertiary alicyclic amines) is 1. The first-order valence-corrected chi connectivity index (χ1v) is 5.99. The molecule has 1 aliphatic carbocycles. The summed E-state index contributed by atoms with van der Waals surface area (Å²) < 4.78 is 5.23. The zero-order chi connectivity index (χ0) is 12.9. The van der Waals surface area contributed by atoms with Crippen LogP contribution < -0.4 is 10.5 Å². The first-order chi connectivity index (χ1) is 8.56. The predicted molar refractivity (Wildman–Crippen MR) is 66.8 cm³/mol. The highest BCUT2D eigenvalue weighted by Gasteiger charge is 2.61. The molecule has 96 valence electrons. The van der Waals surface area contributed by atoms with Crippen molar-refractivity contribution >= 4 is 11.8 Å². The van der Waals surface area contributed by atoms with E-state index in [0.29, 0.717) is 30.4 Å². The molecule has 0 radical (unpaired) electrons. The second-order valence-corrected chi connectivity index (χ2v) is 5.18. The highest BCUT2D eigenvalue weighted by Crippen LogP contribution is 2.59. The van der Waals surface area contributed by atoms with Crippen LogP contribution in [0.15, 0.2) is 18.2 Å². The number of anilines is 1. The van der Waals surface area contributed by atoms with Crippen LogP contribution >= 0.6 is 0 Å². The predicted octanol–water partition coefficient (Wildman–Crippen LogP) is 1.53. The number of benzene rings is 1. The summed E-state index contributed by atoms with van der Waals surface area (Å²) in [6.45, 7) is 1.22. The average Bonchev–Trinajstić information content (AvgIpc) is 2.92. The van der Waals surface area contributed by atoms with Crippen molar-refractivity contribution in [1.82, 2.24) is 4.90 Å². The minimum atomic E-state index is -0.830. The summed E-state index contributed by atoms with van der Waals surface area (Å²) in [5, 5.41) is 9.04. The maximum Gasteiger partial charge on any atom is 0.407 e. The van der Waals surface area contributed by atoms with Crippen LogP contribution in [0.5, 0.6) is 5.75 Å². The number of hydrogen-bond acceptors (Lipinski definition) is 3. The summed E-state index contributed by atoms with van der Waals surface area (Å²) in [6.07, 6.45) is 0.230. The van der Waals surface area contributed by atoms with Crippen LogP contribution in [0.4, 0.5) is 10.5 Å². The first-order valence-electron chi connectivity index (χ1n) is 5.99. The van der Waals surface area contributed by atoms with Crippen LogP contribution in [-0.4, -0.2) is 36.3 Å². The van der Waals surface area contributed by atoms with Crippen molar-refractivity contribution in [2.45, 2.75) is 11.8 Å². The van der Waals surface area contributed by atoms with Crippen LogP contribution in [0, 0.1) is 5.92 Å². The minimum Gasteiger partial charge on any atom is -0.495 e. The summed E-state index contributed by atoms with van der Waals surface area (Å²) in [6, 6.07) is 5.77. The lowest BCUT2D eigenvalue weighted by Gasteiger charge is -2.19. The number of piperidine rings is 1. The maximum absolute atomic E-state index is 11.0. The highest BCUT2D eigenvalue weighted by molar-refractivity contribution is 5.67. The van der Waals surface area contributed by atoms with Crippen molar-refractivity contribution in [2.75, 3.05) is 25.9 Å². The van der Waals surface area contributed by atoms with Crippen LogP contribution in [0.2, 0.25) is 0 Å². The first kappa shape index (κ1) is 11.2. The van der Waals surface area contributed by atoms with Crippen molar-refractivity contribution in [3.8, 4) is 5.75 Å². The smallest absolute Gasteiger partial charge is 0.407 e. The number of hydrogen-bond donors (Lipinski definition) is 2. The quantitative estimate of drug-likeness (QED) is 0.778. The van der Waals surface area contributed by atoms with Gasteiger partial charge in [0.15, 0.2) is 0 Å². The van der Waals surface area contributed by atoms with Gasteiger partial charge in [-0.2, -0.15) is 0 Å². The fourth-order valence-corrected chi connectivity index (χ4v) is 3.10. The van der Waals surface area contributed by atoms with Gasteiger partial charge in [-0.3, -0.25) is 0 Å². The Hall–Kier alpha value is -1.91. The van der Waals surface area contributed by atoms with E-state index in [-0.39, 0.29) is 5.41 Å².